The summed E-state index contributed by atoms with van der Waals surface area (Å²) in [5.41, 5.74) is 0. The van der Waals surface area contributed by atoms with Crippen LogP contribution < -0.4 is 10.2 Å². The topological polar surface area (TPSA) is 80.3 Å². The van der Waals surface area contributed by atoms with Crippen LogP contribution >= 0.6 is 31.9 Å². The van der Waals surface area contributed by atoms with Crippen molar-refractivity contribution in [2.24, 2.45) is 11.8 Å². The van der Waals surface area contributed by atoms with E-state index in [2.05, 4.69) is 31.9 Å². The molecule has 4 nitrogen and oxygen atoms in total. The lowest BCUT2D eigenvalue weighted by atomic mass is 9.79. The van der Waals surface area contributed by atoms with Crippen LogP contribution in [0.15, 0.2) is 0 Å². The van der Waals surface area contributed by atoms with Crippen molar-refractivity contribution in [3.8, 4) is 0 Å². The van der Waals surface area contributed by atoms with E-state index in [1.807, 2.05) is 0 Å². The summed E-state index contributed by atoms with van der Waals surface area (Å²) in [6.07, 6.45) is 0.494. The molecule has 0 aromatic carbocycles. The smallest absolute Gasteiger partial charge is 0.0452 e. The van der Waals surface area contributed by atoms with Gasteiger partial charge in [0.05, 0.1) is 0 Å². The van der Waals surface area contributed by atoms with Crippen molar-refractivity contribution in [2.75, 3.05) is 0 Å². The first-order valence-electron chi connectivity index (χ1n) is 4.13. The molecule has 1 aliphatic rings. The third kappa shape index (κ3) is 2.48. The van der Waals surface area contributed by atoms with Gasteiger partial charge >= 0.3 is 0 Å². The molecule has 1 aliphatic carbocycles. The van der Waals surface area contributed by atoms with Crippen LogP contribution in [0.2, 0.25) is 0 Å². The molecule has 0 saturated heterocycles. The highest BCUT2D eigenvalue weighted by Gasteiger charge is 2.36. The molecule has 1 fully saturated rings. The van der Waals surface area contributed by atoms with Crippen molar-refractivity contribution in [1.82, 2.24) is 0 Å². The second-order valence-corrected chi connectivity index (χ2v) is 5.71. The third-order valence-corrected chi connectivity index (χ3v) is 5.18. The third-order valence-electron chi connectivity index (χ3n) is 2.44. The lowest BCUT2D eigenvalue weighted by Gasteiger charge is -2.38. The largest absolute Gasteiger partial charge is 0.550 e. The number of hydrogen-bond acceptors (Lipinski definition) is 4. The van der Waals surface area contributed by atoms with Gasteiger partial charge in [-0.05, 0) is 12.8 Å². The summed E-state index contributed by atoms with van der Waals surface area (Å²) in [4.78, 5) is 21.3. The second kappa shape index (κ2) is 4.61. The van der Waals surface area contributed by atoms with Gasteiger partial charge in [-0.15, -0.1) is 0 Å². The monoisotopic (exact) mass is 326 g/mol. The van der Waals surface area contributed by atoms with Crippen LogP contribution in [-0.2, 0) is 9.59 Å². The SMILES string of the molecule is O=C([O-])[C@H]1C[C@H](Br)[C@H](Br)C[C@H]1C(=O)[O-]. The fourth-order valence-electron chi connectivity index (χ4n) is 1.63. The normalized spacial score (nSPS) is 37.9. The van der Waals surface area contributed by atoms with Crippen LogP contribution in [0, 0.1) is 11.8 Å². The highest BCUT2D eigenvalue weighted by molar-refractivity contribution is 9.12. The van der Waals surface area contributed by atoms with Crippen molar-refractivity contribution in [1.29, 1.82) is 0 Å². The van der Waals surface area contributed by atoms with Crippen molar-refractivity contribution < 1.29 is 19.8 Å². The average Bonchev–Trinajstić information content (AvgIpc) is 2.08. The second-order valence-electron chi connectivity index (χ2n) is 3.35. The Morgan fingerprint density at radius 2 is 1.21 bits per heavy atom. The summed E-state index contributed by atoms with van der Waals surface area (Å²) in [5, 5.41) is 21.4. The fraction of sp³-hybridized carbons (Fsp3) is 0.750. The molecule has 0 heterocycles. The van der Waals surface area contributed by atoms with Crippen LogP contribution in [-0.4, -0.2) is 21.6 Å². The molecule has 0 N–H and O–H groups in total. The lowest BCUT2D eigenvalue weighted by molar-refractivity contribution is -0.328. The molecule has 0 aromatic heterocycles. The number of carbonyl (C=O) groups excluding carboxylic acids is 2. The minimum absolute atomic E-state index is 0.0407. The molecule has 0 radical (unpaired) electrons. The standard InChI is InChI=1S/C8H10Br2O4/c9-5-1-3(7(11)12)4(8(13)14)2-6(5)10/h3-6H,1-2H2,(H,11,12)(H,13,14)/p-2/t3-,4+,5-,6+. The maximum absolute atomic E-state index is 10.7. The van der Waals surface area contributed by atoms with Crippen LogP contribution in [0.3, 0.4) is 0 Å². The highest BCUT2D eigenvalue weighted by Crippen LogP contribution is 2.37. The Morgan fingerprint density at radius 1 is 0.929 bits per heavy atom. The molecule has 14 heavy (non-hydrogen) atoms. The number of carboxylic acid groups (broad SMARTS) is 2. The Labute approximate surface area is 97.9 Å². The van der Waals surface area contributed by atoms with E-state index in [4.69, 9.17) is 0 Å². The van der Waals surface area contributed by atoms with Crippen LogP contribution in [0.4, 0.5) is 0 Å². The van der Waals surface area contributed by atoms with Crippen molar-refractivity contribution in [3.05, 3.63) is 0 Å². The van der Waals surface area contributed by atoms with E-state index < -0.39 is 23.8 Å². The van der Waals surface area contributed by atoms with Gasteiger partial charge in [0, 0.05) is 33.4 Å². The van der Waals surface area contributed by atoms with Gasteiger partial charge in [-0.25, -0.2) is 0 Å². The number of carboxylic acids is 2. The molecule has 0 unspecified atom stereocenters. The van der Waals surface area contributed by atoms with Crippen molar-refractivity contribution in [3.63, 3.8) is 0 Å². The molecular weight excluding hydrogens is 320 g/mol. The molecule has 4 atom stereocenters. The number of alkyl halides is 2. The summed E-state index contributed by atoms with van der Waals surface area (Å²) < 4.78 is 0. The van der Waals surface area contributed by atoms with Gasteiger partial charge in [-0.1, -0.05) is 31.9 Å². The maximum atomic E-state index is 10.7. The molecule has 80 valence electrons. The minimum atomic E-state index is -1.32. The van der Waals surface area contributed by atoms with E-state index in [0.29, 0.717) is 0 Å². The summed E-state index contributed by atoms with van der Waals surface area (Å²) >= 11 is 6.58. The Morgan fingerprint density at radius 3 is 1.43 bits per heavy atom. The Bertz CT molecular complexity index is 230. The van der Waals surface area contributed by atoms with E-state index in [9.17, 15) is 19.8 Å². The van der Waals surface area contributed by atoms with E-state index in [1.54, 1.807) is 0 Å². The number of halogens is 2. The molecule has 0 aliphatic heterocycles. The Hall–Kier alpha value is -0.100. The molecule has 0 bridgehead atoms. The Kier molecular flexibility index (Phi) is 3.94. The number of rotatable bonds is 2. The predicted molar refractivity (Wildman–Crippen MR) is 51.7 cm³/mol. The maximum Gasteiger partial charge on any atom is 0.0452 e. The zero-order chi connectivity index (χ0) is 10.9. The first-order valence-corrected chi connectivity index (χ1v) is 5.96. The molecule has 1 saturated carbocycles. The average molecular weight is 328 g/mol. The van der Waals surface area contributed by atoms with Gasteiger partial charge in [0.1, 0.15) is 0 Å². The van der Waals surface area contributed by atoms with Crippen LogP contribution in [0.1, 0.15) is 12.8 Å². The molecular formula is C8H8Br2O4-2. The van der Waals surface area contributed by atoms with Gasteiger partial charge in [-0.3, -0.25) is 0 Å². The van der Waals surface area contributed by atoms with Crippen LogP contribution in [0.5, 0.6) is 0 Å². The molecule has 1 rings (SSSR count). The summed E-state index contributed by atoms with van der Waals surface area (Å²) in [6.45, 7) is 0. The zero-order valence-electron chi connectivity index (χ0n) is 7.11. The van der Waals surface area contributed by atoms with Crippen LogP contribution in [0.25, 0.3) is 0 Å². The Balaban J connectivity index is 2.80. The summed E-state index contributed by atoms with van der Waals surface area (Å²) in [7, 11) is 0. The summed E-state index contributed by atoms with van der Waals surface area (Å²) in [6, 6.07) is 0. The minimum Gasteiger partial charge on any atom is -0.550 e. The first-order chi connectivity index (χ1) is 6.43. The fourth-order valence-corrected chi connectivity index (χ4v) is 2.87. The quantitative estimate of drug-likeness (QED) is 0.612. The molecule has 6 heteroatoms. The van der Waals surface area contributed by atoms with Crippen molar-refractivity contribution >= 4 is 43.8 Å². The van der Waals surface area contributed by atoms with Gasteiger partial charge in [0.25, 0.3) is 0 Å². The first kappa shape index (κ1) is 12.0. The van der Waals surface area contributed by atoms with E-state index >= 15 is 0 Å². The molecule has 0 amide bonds. The lowest BCUT2D eigenvalue weighted by Crippen LogP contribution is -2.49. The molecule has 0 spiro atoms. The summed E-state index contributed by atoms with van der Waals surface area (Å²) in [5.74, 6) is -4.55. The number of carbonyl (C=O) groups is 2. The van der Waals surface area contributed by atoms with Gasteiger partial charge in [-0.2, -0.15) is 0 Å². The predicted octanol–water partition coefficient (Wildman–Crippen LogP) is -0.961. The van der Waals surface area contributed by atoms with E-state index in [-0.39, 0.29) is 22.5 Å². The van der Waals surface area contributed by atoms with Gasteiger partial charge < -0.3 is 19.8 Å². The van der Waals surface area contributed by atoms with Crippen molar-refractivity contribution in [2.45, 2.75) is 22.5 Å². The molecule has 0 aromatic rings. The van der Waals surface area contributed by atoms with Gasteiger partial charge in [0.2, 0.25) is 0 Å². The number of hydrogen-bond donors (Lipinski definition) is 0. The van der Waals surface area contributed by atoms with E-state index in [1.165, 1.54) is 0 Å². The van der Waals surface area contributed by atoms with E-state index in [0.717, 1.165) is 0 Å². The highest BCUT2D eigenvalue weighted by atomic mass is 79.9. The number of aliphatic carboxylic acids is 2. The zero-order valence-corrected chi connectivity index (χ0v) is 10.3. The van der Waals surface area contributed by atoms with Gasteiger partial charge in [0.15, 0.2) is 0 Å².